The van der Waals surface area contributed by atoms with Crippen LogP contribution >= 0.6 is 0 Å². The van der Waals surface area contributed by atoms with Crippen molar-refractivity contribution in [3.05, 3.63) is 65.2 Å². The average molecular weight is 359 g/mol. The number of halogens is 5. The van der Waals surface area contributed by atoms with Gasteiger partial charge in [-0.15, -0.1) is 0 Å². The summed E-state index contributed by atoms with van der Waals surface area (Å²) >= 11 is 0. The van der Waals surface area contributed by atoms with Crippen molar-refractivity contribution in [2.75, 3.05) is 11.9 Å². The first-order chi connectivity index (χ1) is 11.6. The highest BCUT2D eigenvalue weighted by Gasteiger charge is 2.30. The number of amides is 1. The molecule has 0 aromatic heterocycles. The predicted octanol–water partition coefficient (Wildman–Crippen LogP) is 3.78. The van der Waals surface area contributed by atoms with E-state index >= 15 is 0 Å². The van der Waals surface area contributed by atoms with Gasteiger partial charge in [0.1, 0.15) is 11.6 Å². The van der Waals surface area contributed by atoms with Gasteiger partial charge in [-0.1, -0.05) is 0 Å². The van der Waals surface area contributed by atoms with Gasteiger partial charge in [0.2, 0.25) is 0 Å². The predicted molar refractivity (Wildman–Crippen MR) is 76.7 cm³/mol. The minimum absolute atomic E-state index is 0.173. The molecule has 0 bridgehead atoms. The maximum absolute atomic E-state index is 13.0. The standard InChI is InChI=1S/C16H10F5NO3/c17-11-5-12(18)7-13(6-11)22-14(23)8-25-15(24)9-1-3-10(4-2-9)16(19,20)21/h1-7H,8H2,(H,22,23). The van der Waals surface area contributed by atoms with Gasteiger partial charge in [0.05, 0.1) is 11.1 Å². The lowest BCUT2D eigenvalue weighted by Gasteiger charge is -2.08. The Labute approximate surface area is 138 Å². The van der Waals surface area contributed by atoms with Crippen LogP contribution in [0.5, 0.6) is 0 Å². The van der Waals surface area contributed by atoms with E-state index in [1.807, 2.05) is 0 Å². The molecule has 132 valence electrons. The first kappa shape index (κ1) is 18.4. The number of esters is 1. The Morgan fingerprint density at radius 3 is 2.04 bits per heavy atom. The monoisotopic (exact) mass is 359 g/mol. The smallest absolute Gasteiger partial charge is 0.416 e. The summed E-state index contributed by atoms with van der Waals surface area (Å²) in [7, 11) is 0. The number of nitrogens with one attached hydrogen (secondary N) is 1. The molecule has 0 saturated heterocycles. The Balaban J connectivity index is 1.91. The number of ether oxygens (including phenoxy) is 1. The molecule has 25 heavy (non-hydrogen) atoms. The Morgan fingerprint density at radius 1 is 0.960 bits per heavy atom. The van der Waals surface area contributed by atoms with Crippen molar-refractivity contribution in [1.29, 1.82) is 0 Å². The number of carbonyl (C=O) groups is 2. The van der Waals surface area contributed by atoms with Crippen LogP contribution in [0.15, 0.2) is 42.5 Å². The third-order valence-corrected chi connectivity index (χ3v) is 2.93. The van der Waals surface area contributed by atoms with Crippen molar-refractivity contribution >= 4 is 17.6 Å². The minimum atomic E-state index is -4.54. The molecule has 0 unspecified atom stereocenters. The number of hydrogen-bond donors (Lipinski definition) is 1. The molecule has 1 N–H and O–H groups in total. The lowest BCUT2D eigenvalue weighted by atomic mass is 10.1. The fourth-order valence-corrected chi connectivity index (χ4v) is 1.83. The van der Waals surface area contributed by atoms with Crippen LogP contribution in [0, 0.1) is 11.6 Å². The van der Waals surface area contributed by atoms with Crippen molar-refractivity contribution in [1.82, 2.24) is 0 Å². The topological polar surface area (TPSA) is 55.4 Å². The molecule has 0 aliphatic carbocycles. The van der Waals surface area contributed by atoms with E-state index in [9.17, 15) is 31.5 Å². The molecular formula is C16H10F5NO3. The molecule has 0 fully saturated rings. The lowest BCUT2D eigenvalue weighted by molar-refractivity contribution is -0.137. The van der Waals surface area contributed by atoms with E-state index in [-0.39, 0.29) is 11.3 Å². The first-order valence-electron chi connectivity index (χ1n) is 6.75. The van der Waals surface area contributed by atoms with Gasteiger partial charge < -0.3 is 10.1 Å². The Bertz CT molecular complexity index is 767. The van der Waals surface area contributed by atoms with Gasteiger partial charge in [-0.3, -0.25) is 4.79 Å². The molecule has 0 heterocycles. The molecular weight excluding hydrogens is 349 g/mol. The maximum Gasteiger partial charge on any atom is 0.416 e. The highest BCUT2D eigenvalue weighted by atomic mass is 19.4. The SMILES string of the molecule is O=C(COC(=O)c1ccc(C(F)(F)F)cc1)Nc1cc(F)cc(F)c1. The van der Waals surface area contributed by atoms with Crippen LogP contribution in [-0.4, -0.2) is 18.5 Å². The fourth-order valence-electron chi connectivity index (χ4n) is 1.83. The Hall–Kier alpha value is -2.97. The van der Waals surface area contributed by atoms with E-state index in [1.54, 1.807) is 0 Å². The molecule has 2 aromatic rings. The van der Waals surface area contributed by atoms with Gasteiger partial charge in [0.15, 0.2) is 6.61 Å². The second-order valence-corrected chi connectivity index (χ2v) is 4.86. The average Bonchev–Trinajstić information content (AvgIpc) is 2.51. The van der Waals surface area contributed by atoms with E-state index < -0.39 is 41.9 Å². The Kier molecular flexibility index (Phi) is 5.35. The molecule has 2 aromatic carbocycles. The van der Waals surface area contributed by atoms with Crippen LogP contribution in [-0.2, 0) is 15.7 Å². The number of anilines is 1. The highest BCUT2D eigenvalue weighted by molar-refractivity contribution is 5.95. The highest BCUT2D eigenvalue weighted by Crippen LogP contribution is 2.29. The molecule has 0 spiro atoms. The van der Waals surface area contributed by atoms with Gasteiger partial charge >= 0.3 is 12.1 Å². The summed E-state index contributed by atoms with van der Waals surface area (Å²) in [4.78, 5) is 23.2. The van der Waals surface area contributed by atoms with Crippen molar-refractivity contribution < 1.29 is 36.3 Å². The number of hydrogen-bond acceptors (Lipinski definition) is 3. The second-order valence-electron chi connectivity index (χ2n) is 4.86. The van der Waals surface area contributed by atoms with Gasteiger partial charge in [-0.25, -0.2) is 13.6 Å². The van der Waals surface area contributed by atoms with Crippen molar-refractivity contribution in [3.63, 3.8) is 0 Å². The van der Waals surface area contributed by atoms with E-state index in [1.165, 1.54) is 0 Å². The molecule has 0 aliphatic heterocycles. The molecule has 0 aliphatic rings. The number of rotatable bonds is 4. The summed E-state index contributed by atoms with van der Waals surface area (Å²) < 4.78 is 67.8. The fraction of sp³-hybridized carbons (Fsp3) is 0.125. The summed E-state index contributed by atoms with van der Waals surface area (Å²) in [6.45, 7) is -0.780. The zero-order valence-corrected chi connectivity index (χ0v) is 12.4. The minimum Gasteiger partial charge on any atom is -0.452 e. The molecule has 2 rings (SSSR count). The van der Waals surface area contributed by atoms with Crippen molar-refractivity contribution in [3.8, 4) is 0 Å². The molecule has 0 saturated carbocycles. The zero-order valence-electron chi connectivity index (χ0n) is 12.4. The van der Waals surface area contributed by atoms with Crippen LogP contribution in [0.25, 0.3) is 0 Å². The van der Waals surface area contributed by atoms with E-state index in [4.69, 9.17) is 0 Å². The van der Waals surface area contributed by atoms with Gasteiger partial charge in [0.25, 0.3) is 5.91 Å². The summed E-state index contributed by atoms with van der Waals surface area (Å²) in [5.41, 5.74) is -1.29. The normalized spacial score (nSPS) is 11.1. The zero-order chi connectivity index (χ0) is 18.6. The van der Waals surface area contributed by atoms with Crippen LogP contribution < -0.4 is 5.32 Å². The Morgan fingerprint density at radius 2 is 1.52 bits per heavy atom. The molecule has 4 nitrogen and oxygen atoms in total. The number of benzene rings is 2. The molecule has 0 radical (unpaired) electrons. The van der Waals surface area contributed by atoms with E-state index in [0.717, 1.165) is 24.3 Å². The van der Waals surface area contributed by atoms with Crippen LogP contribution in [0.4, 0.5) is 27.6 Å². The van der Waals surface area contributed by atoms with Crippen molar-refractivity contribution in [2.45, 2.75) is 6.18 Å². The van der Waals surface area contributed by atoms with E-state index in [2.05, 4.69) is 10.1 Å². The maximum atomic E-state index is 13.0. The summed E-state index contributed by atoms with van der Waals surface area (Å²) in [5, 5.41) is 2.11. The van der Waals surface area contributed by atoms with Crippen LogP contribution in [0.3, 0.4) is 0 Å². The quantitative estimate of drug-likeness (QED) is 0.668. The number of alkyl halides is 3. The van der Waals surface area contributed by atoms with Crippen molar-refractivity contribution in [2.24, 2.45) is 0 Å². The largest absolute Gasteiger partial charge is 0.452 e. The van der Waals surface area contributed by atoms with Gasteiger partial charge in [-0.2, -0.15) is 13.2 Å². The third kappa shape index (κ3) is 5.27. The van der Waals surface area contributed by atoms with Gasteiger partial charge in [0, 0.05) is 11.8 Å². The molecule has 1 amide bonds. The molecule has 9 heteroatoms. The lowest BCUT2D eigenvalue weighted by Crippen LogP contribution is -2.21. The summed E-state index contributed by atoms with van der Waals surface area (Å²) in [6, 6.07) is 5.55. The third-order valence-electron chi connectivity index (χ3n) is 2.93. The van der Waals surface area contributed by atoms with Gasteiger partial charge in [-0.05, 0) is 36.4 Å². The summed E-state index contributed by atoms with van der Waals surface area (Å²) in [5.74, 6) is -3.70. The van der Waals surface area contributed by atoms with Crippen LogP contribution in [0.2, 0.25) is 0 Å². The summed E-state index contributed by atoms with van der Waals surface area (Å²) in [6.07, 6.45) is -4.54. The number of carbonyl (C=O) groups excluding carboxylic acids is 2. The van der Waals surface area contributed by atoms with E-state index in [0.29, 0.717) is 18.2 Å². The molecule has 0 atom stereocenters. The first-order valence-corrected chi connectivity index (χ1v) is 6.75. The van der Waals surface area contributed by atoms with Crippen LogP contribution in [0.1, 0.15) is 15.9 Å². The second kappa shape index (κ2) is 7.29.